The number of benzene rings is 2. The number of carbonyl (C=O) groups excluding carboxylic acids is 2. The lowest BCUT2D eigenvalue weighted by Gasteiger charge is -2.09. The van der Waals surface area contributed by atoms with Gasteiger partial charge in [0.05, 0.1) is 17.5 Å². The minimum atomic E-state index is -4.43. The van der Waals surface area contributed by atoms with Gasteiger partial charge in [0.1, 0.15) is 5.00 Å². The minimum absolute atomic E-state index is 0.131. The van der Waals surface area contributed by atoms with Crippen molar-refractivity contribution in [1.82, 2.24) is 0 Å². The zero-order valence-electron chi connectivity index (χ0n) is 15.3. The molecule has 1 heterocycles. The van der Waals surface area contributed by atoms with E-state index < -0.39 is 23.6 Å². The predicted octanol–water partition coefficient (Wildman–Crippen LogP) is 5.02. The quantitative estimate of drug-likeness (QED) is 0.611. The van der Waals surface area contributed by atoms with Crippen LogP contribution in [0.2, 0.25) is 0 Å². The molecule has 0 saturated carbocycles. The first kappa shape index (κ1) is 20.6. The fraction of sp³-hybridized carbons (Fsp3) is 0.143. The molecule has 8 heteroatoms. The predicted molar refractivity (Wildman–Crippen MR) is 107 cm³/mol. The Hall–Kier alpha value is -3.13. The minimum Gasteiger partial charge on any atom is -0.365 e. The highest BCUT2D eigenvalue weighted by atomic mass is 32.1. The summed E-state index contributed by atoms with van der Waals surface area (Å²) in [5, 5.41) is 3.00. The van der Waals surface area contributed by atoms with Gasteiger partial charge in [-0.1, -0.05) is 42.5 Å². The molecule has 0 spiro atoms. The topological polar surface area (TPSA) is 72.2 Å². The molecular weight excluding hydrogens is 401 g/mol. The summed E-state index contributed by atoms with van der Waals surface area (Å²) in [6.07, 6.45) is -4.56. The molecule has 0 aliphatic rings. The van der Waals surface area contributed by atoms with E-state index in [1.54, 1.807) is 0 Å². The van der Waals surface area contributed by atoms with Crippen molar-refractivity contribution >= 4 is 28.2 Å². The number of amides is 2. The Bertz CT molecular complexity index is 1040. The number of primary amides is 1. The van der Waals surface area contributed by atoms with E-state index >= 15 is 0 Å². The van der Waals surface area contributed by atoms with E-state index in [-0.39, 0.29) is 12.0 Å². The molecule has 2 amide bonds. The van der Waals surface area contributed by atoms with Crippen LogP contribution in [-0.2, 0) is 17.4 Å². The summed E-state index contributed by atoms with van der Waals surface area (Å²) in [7, 11) is 0. The zero-order chi connectivity index (χ0) is 21.2. The molecule has 0 aliphatic heterocycles. The average molecular weight is 418 g/mol. The van der Waals surface area contributed by atoms with E-state index in [2.05, 4.69) is 5.32 Å². The molecule has 0 bridgehead atoms. The van der Waals surface area contributed by atoms with Crippen LogP contribution in [0, 0.1) is 6.92 Å². The van der Waals surface area contributed by atoms with E-state index in [0.29, 0.717) is 16.1 Å². The SMILES string of the molecule is Cc1sc(NC(=O)Cc2ccc(C(F)(F)F)cc2)c(C(N)=O)c1-c1ccccc1. The molecule has 0 radical (unpaired) electrons. The maximum absolute atomic E-state index is 12.6. The standard InChI is InChI=1S/C21H17F3N2O2S/c1-12-17(14-5-3-2-4-6-14)18(19(25)28)20(29-12)26-16(27)11-13-7-9-15(10-8-13)21(22,23)24/h2-10H,11H2,1H3,(H2,25,28)(H,26,27). The number of hydrogen-bond donors (Lipinski definition) is 2. The van der Waals surface area contributed by atoms with Crippen molar-refractivity contribution in [3.05, 3.63) is 76.2 Å². The van der Waals surface area contributed by atoms with Crippen molar-refractivity contribution in [1.29, 1.82) is 0 Å². The van der Waals surface area contributed by atoms with Crippen molar-refractivity contribution in [2.45, 2.75) is 19.5 Å². The van der Waals surface area contributed by atoms with Crippen LogP contribution in [0.25, 0.3) is 11.1 Å². The molecular formula is C21H17F3N2O2S. The van der Waals surface area contributed by atoms with E-state index in [1.807, 2.05) is 37.3 Å². The molecule has 0 atom stereocenters. The summed E-state index contributed by atoms with van der Waals surface area (Å²) in [6, 6.07) is 13.6. The Morgan fingerprint density at radius 2 is 1.66 bits per heavy atom. The van der Waals surface area contributed by atoms with E-state index in [1.165, 1.54) is 23.5 Å². The van der Waals surface area contributed by atoms with Gasteiger partial charge < -0.3 is 11.1 Å². The number of thiophene rings is 1. The van der Waals surface area contributed by atoms with Crippen LogP contribution in [0.5, 0.6) is 0 Å². The number of anilines is 1. The first-order valence-corrected chi connectivity index (χ1v) is 9.43. The van der Waals surface area contributed by atoms with E-state index in [4.69, 9.17) is 5.73 Å². The highest BCUT2D eigenvalue weighted by Crippen LogP contribution is 2.39. The van der Waals surface area contributed by atoms with Gasteiger partial charge in [0.25, 0.3) is 5.91 Å². The highest BCUT2D eigenvalue weighted by Gasteiger charge is 2.30. The van der Waals surface area contributed by atoms with E-state index in [9.17, 15) is 22.8 Å². The second-order valence-corrected chi connectivity index (χ2v) is 7.61. The van der Waals surface area contributed by atoms with Crippen molar-refractivity contribution in [2.24, 2.45) is 5.73 Å². The summed E-state index contributed by atoms with van der Waals surface area (Å²) < 4.78 is 37.9. The third kappa shape index (κ3) is 4.65. The Morgan fingerprint density at radius 3 is 2.21 bits per heavy atom. The molecule has 0 saturated heterocycles. The Morgan fingerprint density at radius 1 is 1.03 bits per heavy atom. The highest BCUT2D eigenvalue weighted by molar-refractivity contribution is 7.17. The third-order valence-corrected chi connectivity index (χ3v) is 5.31. The molecule has 150 valence electrons. The largest absolute Gasteiger partial charge is 0.416 e. The lowest BCUT2D eigenvalue weighted by atomic mass is 10.0. The van der Waals surface area contributed by atoms with Crippen molar-refractivity contribution in [3.8, 4) is 11.1 Å². The Labute approximate surface area is 169 Å². The van der Waals surface area contributed by atoms with Gasteiger partial charge in [-0.2, -0.15) is 13.2 Å². The summed E-state index contributed by atoms with van der Waals surface area (Å²) in [6.45, 7) is 1.82. The molecule has 3 N–H and O–H groups in total. The number of hydrogen-bond acceptors (Lipinski definition) is 3. The van der Waals surface area contributed by atoms with Gasteiger partial charge >= 0.3 is 6.18 Å². The molecule has 3 aromatic rings. The Balaban J connectivity index is 1.83. The molecule has 29 heavy (non-hydrogen) atoms. The van der Waals surface area contributed by atoms with Crippen LogP contribution in [0.4, 0.5) is 18.2 Å². The van der Waals surface area contributed by atoms with Gasteiger partial charge in [0.15, 0.2) is 0 Å². The zero-order valence-corrected chi connectivity index (χ0v) is 16.2. The van der Waals surface area contributed by atoms with Crippen LogP contribution < -0.4 is 11.1 Å². The van der Waals surface area contributed by atoms with Crippen LogP contribution >= 0.6 is 11.3 Å². The molecule has 0 fully saturated rings. The van der Waals surface area contributed by atoms with Crippen molar-refractivity contribution < 1.29 is 22.8 Å². The summed E-state index contributed by atoms with van der Waals surface area (Å²) >= 11 is 1.23. The van der Waals surface area contributed by atoms with Crippen LogP contribution in [0.3, 0.4) is 0 Å². The number of rotatable bonds is 5. The van der Waals surface area contributed by atoms with Crippen LogP contribution in [0.1, 0.15) is 26.4 Å². The normalized spacial score (nSPS) is 11.3. The van der Waals surface area contributed by atoms with Crippen LogP contribution in [-0.4, -0.2) is 11.8 Å². The fourth-order valence-electron chi connectivity index (χ4n) is 2.99. The number of carbonyl (C=O) groups is 2. The van der Waals surface area contributed by atoms with Gasteiger partial charge in [0, 0.05) is 10.4 Å². The lowest BCUT2D eigenvalue weighted by molar-refractivity contribution is -0.137. The van der Waals surface area contributed by atoms with Gasteiger partial charge in [-0.15, -0.1) is 11.3 Å². The van der Waals surface area contributed by atoms with Gasteiger partial charge in [-0.3, -0.25) is 9.59 Å². The average Bonchev–Trinajstić information content (AvgIpc) is 2.98. The number of nitrogens with two attached hydrogens (primary N) is 1. The molecule has 1 aromatic heterocycles. The second-order valence-electron chi connectivity index (χ2n) is 6.39. The number of aryl methyl sites for hydroxylation is 1. The first-order chi connectivity index (χ1) is 13.7. The second kappa shape index (κ2) is 8.08. The summed E-state index contributed by atoms with van der Waals surface area (Å²) in [5.41, 5.74) is 6.89. The molecule has 2 aromatic carbocycles. The molecule has 0 aliphatic carbocycles. The number of nitrogens with one attached hydrogen (secondary N) is 1. The van der Waals surface area contributed by atoms with Crippen molar-refractivity contribution in [2.75, 3.05) is 5.32 Å². The lowest BCUT2D eigenvalue weighted by Crippen LogP contribution is -2.18. The molecule has 0 unspecified atom stereocenters. The number of alkyl halides is 3. The summed E-state index contributed by atoms with van der Waals surface area (Å²) in [5.74, 6) is -1.12. The Kier molecular flexibility index (Phi) is 5.74. The van der Waals surface area contributed by atoms with E-state index in [0.717, 1.165) is 22.6 Å². The monoisotopic (exact) mass is 418 g/mol. The first-order valence-electron chi connectivity index (χ1n) is 8.61. The number of halogens is 3. The van der Waals surface area contributed by atoms with Crippen molar-refractivity contribution in [3.63, 3.8) is 0 Å². The maximum atomic E-state index is 12.6. The van der Waals surface area contributed by atoms with Gasteiger partial charge in [-0.25, -0.2) is 0 Å². The van der Waals surface area contributed by atoms with Gasteiger partial charge in [0.2, 0.25) is 5.91 Å². The maximum Gasteiger partial charge on any atom is 0.416 e. The molecule has 4 nitrogen and oxygen atoms in total. The third-order valence-electron chi connectivity index (χ3n) is 4.29. The molecule has 3 rings (SSSR count). The van der Waals surface area contributed by atoms with Crippen LogP contribution in [0.15, 0.2) is 54.6 Å². The fourth-order valence-corrected chi connectivity index (χ4v) is 4.09. The van der Waals surface area contributed by atoms with Gasteiger partial charge in [-0.05, 0) is 30.2 Å². The smallest absolute Gasteiger partial charge is 0.365 e. The summed E-state index contributed by atoms with van der Waals surface area (Å²) in [4.78, 5) is 25.3.